The molecule has 2 rings (SSSR count). The molecule has 144 valence electrons. The zero-order valence-electron chi connectivity index (χ0n) is 15.5. The SMILES string of the molecule is CCCCNC(=O)N1CCN(c2ccc(NC(=O)CCCCl)cc2)CC1. The molecule has 0 spiro atoms. The van der Waals surface area contributed by atoms with E-state index in [-0.39, 0.29) is 11.9 Å². The number of nitrogens with zero attached hydrogens (tertiary/aromatic N) is 2. The van der Waals surface area contributed by atoms with E-state index in [1.807, 2.05) is 29.2 Å². The topological polar surface area (TPSA) is 64.7 Å². The van der Waals surface area contributed by atoms with Crippen LogP contribution in [0.5, 0.6) is 0 Å². The van der Waals surface area contributed by atoms with E-state index in [2.05, 4.69) is 22.5 Å². The first-order valence-electron chi connectivity index (χ1n) is 9.37. The molecular weight excluding hydrogens is 352 g/mol. The molecule has 1 aromatic carbocycles. The zero-order chi connectivity index (χ0) is 18.8. The van der Waals surface area contributed by atoms with Gasteiger partial charge in [0.15, 0.2) is 0 Å². The van der Waals surface area contributed by atoms with Gasteiger partial charge in [0.05, 0.1) is 0 Å². The lowest BCUT2D eigenvalue weighted by atomic mass is 10.2. The summed E-state index contributed by atoms with van der Waals surface area (Å²) in [5, 5.41) is 5.84. The summed E-state index contributed by atoms with van der Waals surface area (Å²) in [5.41, 5.74) is 1.90. The normalized spacial score (nSPS) is 14.2. The number of halogens is 1. The molecule has 7 heteroatoms. The van der Waals surface area contributed by atoms with Gasteiger partial charge in [0.1, 0.15) is 0 Å². The highest BCUT2D eigenvalue weighted by atomic mass is 35.5. The fourth-order valence-corrected chi connectivity index (χ4v) is 2.99. The maximum atomic E-state index is 12.1. The van der Waals surface area contributed by atoms with Crippen molar-refractivity contribution in [3.8, 4) is 0 Å². The van der Waals surface area contributed by atoms with Crippen molar-refractivity contribution < 1.29 is 9.59 Å². The van der Waals surface area contributed by atoms with Crippen molar-refractivity contribution in [3.05, 3.63) is 24.3 Å². The van der Waals surface area contributed by atoms with Gasteiger partial charge in [0, 0.05) is 56.4 Å². The third kappa shape index (κ3) is 6.41. The molecule has 0 atom stereocenters. The number of carbonyl (C=O) groups excluding carboxylic acids is 2. The Morgan fingerprint density at radius 1 is 1.08 bits per heavy atom. The molecule has 0 saturated carbocycles. The van der Waals surface area contributed by atoms with Gasteiger partial charge < -0.3 is 20.4 Å². The van der Waals surface area contributed by atoms with Crippen molar-refractivity contribution in [2.45, 2.75) is 32.6 Å². The number of hydrogen-bond acceptors (Lipinski definition) is 3. The van der Waals surface area contributed by atoms with E-state index in [1.165, 1.54) is 0 Å². The quantitative estimate of drug-likeness (QED) is 0.537. The van der Waals surface area contributed by atoms with Crippen LogP contribution in [0.25, 0.3) is 0 Å². The minimum absolute atomic E-state index is 0.0129. The first kappa shape index (κ1) is 20.4. The number of piperazine rings is 1. The maximum Gasteiger partial charge on any atom is 0.317 e. The number of anilines is 2. The number of nitrogens with one attached hydrogen (secondary N) is 2. The van der Waals surface area contributed by atoms with Crippen molar-refractivity contribution in [1.29, 1.82) is 0 Å². The molecular formula is C19H29ClN4O2. The predicted octanol–water partition coefficient (Wildman–Crippen LogP) is 3.28. The summed E-state index contributed by atoms with van der Waals surface area (Å²) in [7, 11) is 0. The average Bonchev–Trinajstić information content (AvgIpc) is 2.67. The number of hydrogen-bond donors (Lipinski definition) is 2. The Kier molecular flexibility index (Phi) is 8.54. The molecule has 0 radical (unpaired) electrons. The lowest BCUT2D eigenvalue weighted by molar-refractivity contribution is -0.116. The van der Waals surface area contributed by atoms with Crippen LogP contribution in [-0.4, -0.2) is 55.4 Å². The van der Waals surface area contributed by atoms with Gasteiger partial charge in [-0.25, -0.2) is 4.79 Å². The Bertz CT molecular complexity index is 571. The second kappa shape index (κ2) is 10.9. The second-order valence-corrected chi connectivity index (χ2v) is 6.83. The van der Waals surface area contributed by atoms with Gasteiger partial charge in [0.25, 0.3) is 0 Å². The number of unbranched alkanes of at least 4 members (excludes halogenated alkanes) is 1. The molecule has 1 saturated heterocycles. The van der Waals surface area contributed by atoms with Crippen LogP contribution in [0.2, 0.25) is 0 Å². The van der Waals surface area contributed by atoms with Crippen molar-refractivity contribution in [2.24, 2.45) is 0 Å². The second-order valence-electron chi connectivity index (χ2n) is 6.45. The first-order valence-corrected chi connectivity index (χ1v) is 9.91. The molecule has 2 N–H and O–H groups in total. The highest BCUT2D eigenvalue weighted by Crippen LogP contribution is 2.20. The van der Waals surface area contributed by atoms with E-state index in [0.29, 0.717) is 18.7 Å². The van der Waals surface area contributed by atoms with Crippen LogP contribution in [0.4, 0.5) is 16.2 Å². The van der Waals surface area contributed by atoms with Crippen LogP contribution in [-0.2, 0) is 4.79 Å². The zero-order valence-corrected chi connectivity index (χ0v) is 16.2. The lowest BCUT2D eigenvalue weighted by Crippen LogP contribution is -2.52. The van der Waals surface area contributed by atoms with Crippen LogP contribution in [0.3, 0.4) is 0 Å². The molecule has 0 bridgehead atoms. The standard InChI is InChI=1S/C19H29ClN4O2/c1-2-3-11-21-19(26)24-14-12-23(13-15-24)17-8-6-16(7-9-17)22-18(25)5-4-10-20/h6-9H,2-5,10-15H2,1H3,(H,21,26)(H,22,25). The molecule has 0 aromatic heterocycles. The molecule has 26 heavy (non-hydrogen) atoms. The molecule has 1 aromatic rings. The number of amides is 3. The van der Waals surface area contributed by atoms with Crippen molar-refractivity contribution >= 4 is 34.9 Å². The fourth-order valence-electron chi connectivity index (χ4n) is 2.86. The van der Waals surface area contributed by atoms with E-state index < -0.39 is 0 Å². The summed E-state index contributed by atoms with van der Waals surface area (Å²) >= 11 is 5.60. The predicted molar refractivity (Wildman–Crippen MR) is 107 cm³/mol. The maximum absolute atomic E-state index is 12.1. The van der Waals surface area contributed by atoms with Gasteiger partial charge in [-0.1, -0.05) is 13.3 Å². The number of benzene rings is 1. The van der Waals surface area contributed by atoms with Gasteiger partial charge in [-0.15, -0.1) is 11.6 Å². The number of alkyl halides is 1. The minimum atomic E-state index is -0.0129. The van der Waals surface area contributed by atoms with Crippen LogP contribution in [0.1, 0.15) is 32.6 Å². The highest BCUT2D eigenvalue weighted by Gasteiger charge is 2.20. The summed E-state index contributed by atoms with van der Waals surface area (Å²) in [6.07, 6.45) is 3.22. The van der Waals surface area contributed by atoms with Gasteiger partial charge in [-0.05, 0) is 37.1 Å². The molecule has 0 unspecified atom stereocenters. The molecule has 1 aliphatic rings. The average molecular weight is 381 g/mol. The summed E-state index contributed by atoms with van der Waals surface area (Å²) in [6.45, 7) is 5.91. The number of carbonyl (C=O) groups is 2. The Hall–Kier alpha value is -1.95. The summed E-state index contributed by atoms with van der Waals surface area (Å²) in [5.74, 6) is 0.482. The molecule has 1 heterocycles. The summed E-state index contributed by atoms with van der Waals surface area (Å²) in [6, 6.07) is 7.88. The van der Waals surface area contributed by atoms with Gasteiger partial charge in [-0.2, -0.15) is 0 Å². The van der Waals surface area contributed by atoms with Crippen LogP contribution in [0.15, 0.2) is 24.3 Å². The third-order valence-electron chi connectivity index (χ3n) is 4.43. The summed E-state index contributed by atoms with van der Waals surface area (Å²) < 4.78 is 0. The fraction of sp³-hybridized carbons (Fsp3) is 0.579. The smallest absolute Gasteiger partial charge is 0.317 e. The van der Waals surface area contributed by atoms with Crippen molar-refractivity contribution in [3.63, 3.8) is 0 Å². The molecule has 6 nitrogen and oxygen atoms in total. The van der Waals surface area contributed by atoms with Crippen LogP contribution in [0, 0.1) is 0 Å². The van der Waals surface area contributed by atoms with Crippen molar-refractivity contribution in [2.75, 3.05) is 48.8 Å². The van der Waals surface area contributed by atoms with Gasteiger partial charge in [-0.3, -0.25) is 4.79 Å². The number of urea groups is 1. The van der Waals surface area contributed by atoms with Crippen LogP contribution >= 0.6 is 11.6 Å². The van der Waals surface area contributed by atoms with E-state index in [0.717, 1.165) is 56.9 Å². The number of rotatable bonds is 8. The molecule has 0 aliphatic carbocycles. The first-order chi connectivity index (χ1) is 12.6. The Morgan fingerprint density at radius 3 is 2.38 bits per heavy atom. The minimum Gasteiger partial charge on any atom is -0.368 e. The van der Waals surface area contributed by atoms with E-state index in [9.17, 15) is 9.59 Å². The monoisotopic (exact) mass is 380 g/mol. The van der Waals surface area contributed by atoms with Crippen LogP contribution < -0.4 is 15.5 Å². The highest BCUT2D eigenvalue weighted by molar-refractivity contribution is 6.18. The summed E-state index contributed by atoms with van der Waals surface area (Å²) in [4.78, 5) is 27.9. The third-order valence-corrected chi connectivity index (χ3v) is 4.69. The van der Waals surface area contributed by atoms with Gasteiger partial charge >= 0.3 is 6.03 Å². The van der Waals surface area contributed by atoms with E-state index >= 15 is 0 Å². The Balaban J connectivity index is 1.78. The molecule has 1 fully saturated rings. The van der Waals surface area contributed by atoms with Crippen molar-refractivity contribution in [1.82, 2.24) is 10.2 Å². The molecule has 3 amide bonds. The Labute approximate surface area is 160 Å². The molecule has 1 aliphatic heterocycles. The van der Waals surface area contributed by atoms with E-state index in [4.69, 9.17) is 11.6 Å². The Morgan fingerprint density at radius 2 is 1.77 bits per heavy atom. The lowest BCUT2D eigenvalue weighted by Gasteiger charge is -2.36. The van der Waals surface area contributed by atoms with E-state index in [1.54, 1.807) is 0 Å². The van der Waals surface area contributed by atoms with Gasteiger partial charge in [0.2, 0.25) is 5.91 Å². The largest absolute Gasteiger partial charge is 0.368 e.